The van der Waals surface area contributed by atoms with Crippen molar-refractivity contribution in [1.82, 2.24) is 24.9 Å². The van der Waals surface area contributed by atoms with Gasteiger partial charge in [-0.25, -0.2) is 0 Å². The molecule has 0 aliphatic heterocycles. The molecule has 0 aliphatic rings. The smallest absolute Gasteiger partial charge is 0.0553 e. The monoisotopic (exact) mass is 233 g/mol. The van der Waals surface area contributed by atoms with Crippen molar-refractivity contribution in [1.29, 1.82) is 0 Å². The summed E-state index contributed by atoms with van der Waals surface area (Å²) in [7, 11) is 3.94. The maximum atomic E-state index is 4.29. The van der Waals surface area contributed by atoms with Gasteiger partial charge in [-0.05, 0) is 32.0 Å². The van der Waals surface area contributed by atoms with Gasteiger partial charge in [0, 0.05) is 26.0 Å². The molecule has 1 N–H and O–H groups in total. The fourth-order valence-electron chi connectivity index (χ4n) is 2.00. The van der Waals surface area contributed by atoms with Gasteiger partial charge >= 0.3 is 0 Å². The summed E-state index contributed by atoms with van der Waals surface area (Å²) in [5, 5.41) is 11.8. The van der Waals surface area contributed by atoms with Crippen LogP contribution in [0.2, 0.25) is 0 Å². The lowest BCUT2D eigenvalue weighted by Gasteiger charge is -2.15. The highest BCUT2D eigenvalue weighted by molar-refractivity contribution is 5.13. The Morgan fingerprint density at radius 3 is 2.76 bits per heavy atom. The van der Waals surface area contributed by atoms with Crippen LogP contribution in [0.3, 0.4) is 0 Å². The first-order chi connectivity index (χ1) is 8.24. The van der Waals surface area contributed by atoms with Gasteiger partial charge in [-0.1, -0.05) is 0 Å². The zero-order valence-corrected chi connectivity index (χ0v) is 10.6. The number of likely N-dealkylation sites (N-methyl/N-ethyl adjacent to an activating group) is 1. The third kappa shape index (κ3) is 2.55. The molecule has 5 heteroatoms. The fraction of sp³-hybridized carbons (Fsp3) is 0.500. The number of aromatic nitrogens is 4. The van der Waals surface area contributed by atoms with E-state index in [-0.39, 0.29) is 6.04 Å². The maximum absolute atomic E-state index is 4.29. The second kappa shape index (κ2) is 5.14. The van der Waals surface area contributed by atoms with E-state index in [2.05, 4.69) is 28.6 Å². The molecule has 0 aliphatic carbocycles. The third-order valence-electron chi connectivity index (χ3n) is 3.01. The van der Waals surface area contributed by atoms with E-state index in [0.29, 0.717) is 0 Å². The van der Waals surface area contributed by atoms with Crippen LogP contribution in [0.15, 0.2) is 24.7 Å². The van der Waals surface area contributed by atoms with Gasteiger partial charge in [-0.3, -0.25) is 9.36 Å². The summed E-state index contributed by atoms with van der Waals surface area (Å²) in [5.74, 6) is 0. The Balaban J connectivity index is 2.12. The van der Waals surface area contributed by atoms with Crippen molar-refractivity contribution in [2.45, 2.75) is 25.9 Å². The van der Waals surface area contributed by atoms with E-state index in [9.17, 15) is 0 Å². The van der Waals surface area contributed by atoms with Crippen LogP contribution >= 0.6 is 0 Å². The highest BCUT2D eigenvalue weighted by atomic mass is 15.3. The van der Waals surface area contributed by atoms with Crippen LogP contribution in [0.1, 0.15) is 24.2 Å². The van der Waals surface area contributed by atoms with Gasteiger partial charge in [0.15, 0.2) is 0 Å². The van der Waals surface area contributed by atoms with E-state index < -0.39 is 0 Å². The van der Waals surface area contributed by atoms with Crippen molar-refractivity contribution in [3.05, 3.63) is 35.9 Å². The number of hydrogen-bond acceptors (Lipinski definition) is 3. The van der Waals surface area contributed by atoms with Gasteiger partial charge in [-0.15, -0.1) is 0 Å². The summed E-state index contributed by atoms with van der Waals surface area (Å²) >= 11 is 0. The lowest BCUT2D eigenvalue weighted by atomic mass is 10.1. The molecule has 0 saturated carbocycles. The zero-order valence-electron chi connectivity index (χ0n) is 10.6. The maximum Gasteiger partial charge on any atom is 0.0553 e. The first-order valence-electron chi connectivity index (χ1n) is 5.91. The lowest BCUT2D eigenvalue weighted by molar-refractivity contribution is 0.537. The minimum atomic E-state index is 0.275. The predicted octanol–water partition coefficient (Wildman–Crippen LogP) is 1.14. The number of rotatable bonds is 5. The molecule has 0 radical (unpaired) electrons. The highest BCUT2D eigenvalue weighted by Crippen LogP contribution is 2.16. The Morgan fingerprint density at radius 2 is 2.24 bits per heavy atom. The molecule has 5 nitrogen and oxygen atoms in total. The van der Waals surface area contributed by atoms with Gasteiger partial charge in [0.1, 0.15) is 0 Å². The van der Waals surface area contributed by atoms with E-state index in [4.69, 9.17) is 0 Å². The summed E-state index contributed by atoms with van der Waals surface area (Å²) in [6.07, 6.45) is 6.79. The largest absolute Gasteiger partial charge is 0.311 e. The number of nitrogens with one attached hydrogen (secondary N) is 1. The van der Waals surface area contributed by atoms with E-state index in [1.54, 1.807) is 0 Å². The Hall–Kier alpha value is -1.62. The van der Waals surface area contributed by atoms with Crippen LogP contribution in [0.5, 0.6) is 0 Å². The van der Waals surface area contributed by atoms with E-state index in [1.165, 1.54) is 11.3 Å². The molecule has 2 aromatic heterocycles. The molecular formula is C12H19N5. The Labute approximate surface area is 101 Å². The Morgan fingerprint density at radius 1 is 1.41 bits per heavy atom. The van der Waals surface area contributed by atoms with E-state index in [0.717, 1.165) is 13.0 Å². The normalized spacial score (nSPS) is 12.9. The van der Waals surface area contributed by atoms with Gasteiger partial charge in [-0.2, -0.15) is 10.2 Å². The van der Waals surface area contributed by atoms with Gasteiger partial charge in [0.05, 0.1) is 17.9 Å². The molecule has 0 amide bonds. The highest BCUT2D eigenvalue weighted by Gasteiger charge is 2.14. The van der Waals surface area contributed by atoms with Crippen LogP contribution in [-0.2, 0) is 20.0 Å². The van der Waals surface area contributed by atoms with E-state index in [1.807, 2.05) is 41.9 Å². The number of aryl methyl sites for hydroxylation is 2. The molecule has 0 fully saturated rings. The SMILES string of the molecule is CCn1cc(CC(NC)c2ccnn2C)cn1. The zero-order chi connectivity index (χ0) is 12.3. The molecule has 1 unspecified atom stereocenters. The molecular weight excluding hydrogens is 214 g/mol. The van der Waals surface area contributed by atoms with Crippen molar-refractivity contribution in [2.75, 3.05) is 7.05 Å². The number of hydrogen-bond donors (Lipinski definition) is 1. The first kappa shape index (κ1) is 11.9. The van der Waals surface area contributed by atoms with Crippen LogP contribution in [0, 0.1) is 0 Å². The summed E-state index contributed by atoms with van der Waals surface area (Å²) < 4.78 is 3.86. The molecule has 0 spiro atoms. The predicted molar refractivity (Wildman–Crippen MR) is 66.6 cm³/mol. The van der Waals surface area contributed by atoms with Crippen molar-refractivity contribution >= 4 is 0 Å². The standard InChI is InChI=1S/C12H19N5/c1-4-17-9-10(8-15-17)7-11(13-2)12-5-6-14-16(12)3/h5-6,8-9,11,13H,4,7H2,1-3H3. The quantitative estimate of drug-likeness (QED) is 0.842. The molecule has 2 heterocycles. The lowest BCUT2D eigenvalue weighted by Crippen LogP contribution is -2.21. The van der Waals surface area contributed by atoms with Crippen molar-refractivity contribution < 1.29 is 0 Å². The summed E-state index contributed by atoms with van der Waals surface area (Å²) in [4.78, 5) is 0. The molecule has 1 atom stereocenters. The van der Waals surface area contributed by atoms with Gasteiger partial charge in [0.25, 0.3) is 0 Å². The molecule has 0 aromatic carbocycles. The molecule has 17 heavy (non-hydrogen) atoms. The topological polar surface area (TPSA) is 47.7 Å². The number of nitrogens with zero attached hydrogens (tertiary/aromatic N) is 4. The van der Waals surface area contributed by atoms with Gasteiger partial charge in [0.2, 0.25) is 0 Å². The third-order valence-corrected chi connectivity index (χ3v) is 3.01. The van der Waals surface area contributed by atoms with Crippen molar-refractivity contribution in [3.8, 4) is 0 Å². The average molecular weight is 233 g/mol. The molecule has 92 valence electrons. The minimum absolute atomic E-state index is 0.275. The van der Waals surface area contributed by atoms with Crippen molar-refractivity contribution in [3.63, 3.8) is 0 Å². The van der Waals surface area contributed by atoms with Crippen LogP contribution in [0.4, 0.5) is 0 Å². The minimum Gasteiger partial charge on any atom is -0.311 e. The van der Waals surface area contributed by atoms with Crippen LogP contribution in [-0.4, -0.2) is 26.6 Å². The van der Waals surface area contributed by atoms with Crippen molar-refractivity contribution in [2.24, 2.45) is 7.05 Å². The van der Waals surface area contributed by atoms with Crippen LogP contribution in [0.25, 0.3) is 0 Å². The second-order valence-corrected chi connectivity index (χ2v) is 4.13. The Bertz CT molecular complexity index is 471. The second-order valence-electron chi connectivity index (χ2n) is 4.13. The van der Waals surface area contributed by atoms with Crippen LogP contribution < -0.4 is 5.32 Å². The fourth-order valence-corrected chi connectivity index (χ4v) is 2.00. The molecule has 2 aromatic rings. The Kier molecular flexibility index (Phi) is 3.58. The van der Waals surface area contributed by atoms with Gasteiger partial charge < -0.3 is 5.32 Å². The summed E-state index contributed by atoms with van der Waals surface area (Å²) in [6, 6.07) is 2.32. The average Bonchev–Trinajstić information content (AvgIpc) is 2.95. The summed E-state index contributed by atoms with van der Waals surface area (Å²) in [5.41, 5.74) is 2.43. The molecule has 0 bridgehead atoms. The van der Waals surface area contributed by atoms with E-state index >= 15 is 0 Å². The molecule has 0 saturated heterocycles. The molecule has 2 rings (SSSR count). The first-order valence-corrected chi connectivity index (χ1v) is 5.91. The summed E-state index contributed by atoms with van der Waals surface area (Å²) in [6.45, 7) is 3.00.